The van der Waals surface area contributed by atoms with E-state index in [-0.39, 0.29) is 5.91 Å². The third-order valence-electron chi connectivity index (χ3n) is 2.72. The topological polar surface area (TPSA) is 41.9 Å². The van der Waals surface area contributed by atoms with Crippen LogP contribution >= 0.6 is 56.9 Å². The molecule has 0 atom stereocenters. The van der Waals surface area contributed by atoms with E-state index in [0.29, 0.717) is 4.91 Å². The van der Waals surface area contributed by atoms with Crippen LogP contribution in [0.1, 0.15) is 5.56 Å². The van der Waals surface area contributed by atoms with E-state index >= 15 is 0 Å². The van der Waals surface area contributed by atoms with Gasteiger partial charge in [-0.25, -0.2) is 0 Å². The fraction of sp³-hybridized carbons (Fsp3) is 0.231. The number of nitrogens with zero attached hydrogens (tertiary/aromatic N) is 2. The summed E-state index contributed by atoms with van der Waals surface area (Å²) in [6, 6.07) is 4.01. The number of hydrogen-bond donors (Lipinski definition) is 0. The first-order valence-electron chi connectivity index (χ1n) is 5.65. The standard InChI is InChI=1S/C13H12I2N2O2S/c1-16-13-17(2)12(18)10(20-13)6-7-4-8(14)11(19-3)9(15)5-7/h4-6H,1-3H3/b10-6+,16-13?. The van der Waals surface area contributed by atoms with E-state index in [0.717, 1.165) is 23.6 Å². The number of likely N-dealkylation sites (N-methyl/N-ethyl adjacent to an activating group) is 1. The molecule has 0 radical (unpaired) electrons. The van der Waals surface area contributed by atoms with Crippen LogP contribution < -0.4 is 4.74 Å². The number of amidine groups is 1. The van der Waals surface area contributed by atoms with E-state index in [2.05, 4.69) is 50.2 Å². The Balaban J connectivity index is 2.40. The number of ether oxygens (including phenoxy) is 1. The van der Waals surface area contributed by atoms with Gasteiger partial charge in [0.2, 0.25) is 0 Å². The SMILES string of the molecule is CN=C1S/C(=C/c2cc(I)c(OC)c(I)c2)C(=O)N1C. The maximum atomic E-state index is 12.1. The Labute approximate surface area is 149 Å². The molecule has 7 heteroatoms. The lowest BCUT2D eigenvalue weighted by Gasteiger charge is -2.07. The molecular formula is C13H12I2N2O2S. The zero-order valence-corrected chi connectivity index (χ0v) is 16.2. The zero-order valence-electron chi connectivity index (χ0n) is 11.1. The van der Waals surface area contributed by atoms with Crippen LogP contribution in [-0.2, 0) is 4.79 Å². The number of carbonyl (C=O) groups is 1. The van der Waals surface area contributed by atoms with Crippen molar-refractivity contribution < 1.29 is 9.53 Å². The molecule has 0 N–H and O–H groups in total. The molecule has 1 fully saturated rings. The van der Waals surface area contributed by atoms with Crippen LogP contribution in [0.4, 0.5) is 0 Å². The molecule has 1 aromatic rings. The predicted octanol–water partition coefficient (Wildman–Crippen LogP) is 3.44. The predicted molar refractivity (Wildman–Crippen MR) is 100 cm³/mol. The molecule has 0 aliphatic carbocycles. The molecule has 4 nitrogen and oxygen atoms in total. The van der Waals surface area contributed by atoms with Crippen LogP contribution in [-0.4, -0.2) is 37.2 Å². The van der Waals surface area contributed by atoms with Gasteiger partial charge in [-0.15, -0.1) is 0 Å². The number of methoxy groups -OCH3 is 1. The second-order valence-electron chi connectivity index (χ2n) is 4.00. The number of halogens is 2. The Morgan fingerprint density at radius 2 is 1.95 bits per heavy atom. The first kappa shape index (κ1) is 16.1. The maximum Gasteiger partial charge on any atom is 0.266 e. The Morgan fingerprint density at radius 1 is 1.35 bits per heavy atom. The van der Waals surface area contributed by atoms with Gasteiger partial charge in [-0.1, -0.05) is 0 Å². The van der Waals surface area contributed by atoms with Gasteiger partial charge in [-0.2, -0.15) is 0 Å². The van der Waals surface area contributed by atoms with Crippen LogP contribution in [0.25, 0.3) is 6.08 Å². The number of rotatable bonds is 2. The second kappa shape index (κ2) is 6.65. The number of carbonyl (C=O) groups excluding carboxylic acids is 1. The molecule has 1 saturated heterocycles. The van der Waals surface area contributed by atoms with Gasteiger partial charge in [0.1, 0.15) is 5.75 Å². The number of benzene rings is 1. The summed E-state index contributed by atoms with van der Waals surface area (Å²) < 4.78 is 7.39. The van der Waals surface area contributed by atoms with E-state index in [1.807, 2.05) is 18.2 Å². The summed E-state index contributed by atoms with van der Waals surface area (Å²) in [5.41, 5.74) is 0.987. The van der Waals surface area contributed by atoms with Crippen molar-refractivity contribution in [2.45, 2.75) is 0 Å². The Morgan fingerprint density at radius 3 is 2.40 bits per heavy atom. The second-order valence-corrected chi connectivity index (χ2v) is 7.33. The minimum Gasteiger partial charge on any atom is -0.495 e. The monoisotopic (exact) mass is 514 g/mol. The third-order valence-corrected chi connectivity index (χ3v) is 5.47. The molecule has 0 saturated carbocycles. The molecule has 2 rings (SSSR count). The van der Waals surface area contributed by atoms with Crippen molar-refractivity contribution in [1.82, 2.24) is 4.90 Å². The smallest absolute Gasteiger partial charge is 0.266 e. The number of amides is 1. The van der Waals surface area contributed by atoms with Gasteiger partial charge in [0.15, 0.2) is 5.17 Å². The minimum atomic E-state index is -0.0172. The van der Waals surface area contributed by atoms with E-state index < -0.39 is 0 Å². The lowest BCUT2D eigenvalue weighted by atomic mass is 10.2. The largest absolute Gasteiger partial charge is 0.495 e. The molecule has 1 aliphatic rings. The van der Waals surface area contributed by atoms with Gasteiger partial charge in [0, 0.05) is 14.1 Å². The van der Waals surface area contributed by atoms with Crippen molar-refractivity contribution in [3.8, 4) is 5.75 Å². The summed E-state index contributed by atoms with van der Waals surface area (Å²) in [4.78, 5) is 18.4. The van der Waals surface area contributed by atoms with Crippen molar-refractivity contribution >= 4 is 74.1 Å². The molecule has 1 heterocycles. The van der Waals surface area contributed by atoms with E-state index in [1.54, 1.807) is 26.1 Å². The third kappa shape index (κ3) is 3.14. The Kier molecular flexibility index (Phi) is 5.35. The number of aliphatic imine (C=N–C) groups is 1. The fourth-order valence-electron chi connectivity index (χ4n) is 1.76. The normalized spacial score (nSPS) is 19.2. The van der Waals surface area contributed by atoms with Gasteiger partial charge in [0.05, 0.1) is 19.2 Å². The minimum absolute atomic E-state index is 0.0172. The van der Waals surface area contributed by atoms with Crippen molar-refractivity contribution in [3.05, 3.63) is 29.7 Å². The van der Waals surface area contributed by atoms with E-state index in [1.165, 1.54) is 11.8 Å². The first-order chi connectivity index (χ1) is 9.47. The average Bonchev–Trinajstić information content (AvgIpc) is 2.66. The molecule has 0 unspecified atom stereocenters. The van der Waals surface area contributed by atoms with Crippen LogP contribution in [0.5, 0.6) is 5.75 Å². The average molecular weight is 514 g/mol. The molecule has 20 heavy (non-hydrogen) atoms. The molecule has 0 spiro atoms. The van der Waals surface area contributed by atoms with Crippen LogP contribution in [0.2, 0.25) is 0 Å². The fourth-order valence-corrected chi connectivity index (χ4v) is 4.94. The summed E-state index contributed by atoms with van der Waals surface area (Å²) in [6.45, 7) is 0. The molecule has 0 bridgehead atoms. The Hall–Kier alpha value is -0.290. The van der Waals surface area contributed by atoms with Crippen LogP contribution in [0, 0.1) is 7.14 Å². The molecule has 1 amide bonds. The van der Waals surface area contributed by atoms with Gasteiger partial charge in [-0.3, -0.25) is 14.7 Å². The highest BCUT2D eigenvalue weighted by atomic mass is 127. The van der Waals surface area contributed by atoms with Gasteiger partial charge in [-0.05, 0) is 80.7 Å². The lowest BCUT2D eigenvalue weighted by molar-refractivity contribution is -0.121. The molecular weight excluding hydrogens is 502 g/mol. The zero-order chi connectivity index (χ0) is 14.9. The van der Waals surface area contributed by atoms with Crippen molar-refractivity contribution in [2.24, 2.45) is 4.99 Å². The van der Waals surface area contributed by atoms with E-state index in [4.69, 9.17) is 4.74 Å². The molecule has 1 aliphatic heterocycles. The Bertz CT molecular complexity index is 606. The molecule has 106 valence electrons. The van der Waals surface area contributed by atoms with Gasteiger partial charge >= 0.3 is 0 Å². The summed E-state index contributed by atoms with van der Waals surface area (Å²) in [5.74, 6) is 0.850. The van der Waals surface area contributed by atoms with E-state index in [9.17, 15) is 4.79 Å². The lowest BCUT2D eigenvalue weighted by Crippen LogP contribution is -2.23. The first-order valence-corrected chi connectivity index (χ1v) is 8.62. The van der Waals surface area contributed by atoms with Crippen molar-refractivity contribution in [3.63, 3.8) is 0 Å². The molecule has 0 aromatic heterocycles. The van der Waals surface area contributed by atoms with Crippen LogP contribution in [0.15, 0.2) is 22.0 Å². The van der Waals surface area contributed by atoms with Crippen LogP contribution in [0.3, 0.4) is 0 Å². The summed E-state index contributed by atoms with van der Waals surface area (Å²) in [7, 11) is 5.08. The highest BCUT2D eigenvalue weighted by molar-refractivity contribution is 14.1. The number of hydrogen-bond acceptors (Lipinski definition) is 4. The highest BCUT2D eigenvalue weighted by Crippen LogP contribution is 2.33. The quantitative estimate of drug-likeness (QED) is 0.449. The summed E-state index contributed by atoms with van der Waals surface area (Å²) in [6.07, 6.45) is 1.89. The van der Waals surface area contributed by atoms with Crippen molar-refractivity contribution in [1.29, 1.82) is 0 Å². The molecule has 1 aromatic carbocycles. The van der Waals surface area contributed by atoms with Gasteiger partial charge < -0.3 is 4.74 Å². The summed E-state index contributed by atoms with van der Waals surface area (Å²) in [5, 5.41) is 0.721. The van der Waals surface area contributed by atoms with Crippen molar-refractivity contribution in [2.75, 3.05) is 21.2 Å². The highest BCUT2D eigenvalue weighted by Gasteiger charge is 2.29. The summed E-state index contributed by atoms with van der Waals surface area (Å²) >= 11 is 5.86. The number of thioether (sulfide) groups is 1. The maximum absolute atomic E-state index is 12.1. The van der Waals surface area contributed by atoms with Gasteiger partial charge in [0.25, 0.3) is 5.91 Å².